The van der Waals surface area contributed by atoms with Crippen molar-refractivity contribution in [2.24, 2.45) is 4.99 Å². The third-order valence-electron chi connectivity index (χ3n) is 1.80. The van der Waals surface area contributed by atoms with E-state index in [0.717, 1.165) is 23.4 Å². The molecule has 0 fully saturated rings. The number of hydrogen-bond donors (Lipinski definition) is 0. The standard InChI is InChI=1S/C10H7Cl2F3N2O2/c1-17(9(12)18)5-16-6-2-3-8(7(11)4-6)19-10(13,14)15/h2-5H,1H3. The first-order valence-corrected chi connectivity index (χ1v) is 5.46. The highest BCUT2D eigenvalue weighted by molar-refractivity contribution is 6.63. The lowest BCUT2D eigenvalue weighted by Gasteiger charge is -2.10. The van der Waals surface area contributed by atoms with Crippen LogP contribution in [-0.2, 0) is 0 Å². The summed E-state index contributed by atoms with van der Waals surface area (Å²) in [4.78, 5) is 15.5. The van der Waals surface area contributed by atoms with E-state index in [-0.39, 0.29) is 10.7 Å². The van der Waals surface area contributed by atoms with Crippen LogP contribution in [0.25, 0.3) is 0 Å². The predicted octanol–water partition coefficient (Wildman–Crippen LogP) is 4.19. The van der Waals surface area contributed by atoms with E-state index >= 15 is 0 Å². The Hall–Kier alpha value is -1.47. The molecule has 0 aliphatic heterocycles. The van der Waals surface area contributed by atoms with Gasteiger partial charge in [0, 0.05) is 7.05 Å². The van der Waals surface area contributed by atoms with Crippen LogP contribution >= 0.6 is 23.2 Å². The molecular formula is C10H7Cl2F3N2O2. The van der Waals surface area contributed by atoms with Crippen molar-refractivity contribution in [2.75, 3.05) is 7.05 Å². The lowest BCUT2D eigenvalue weighted by molar-refractivity contribution is -0.274. The Morgan fingerprint density at radius 3 is 2.58 bits per heavy atom. The average molecular weight is 315 g/mol. The van der Waals surface area contributed by atoms with Gasteiger partial charge in [-0.05, 0) is 29.8 Å². The zero-order valence-corrected chi connectivity index (χ0v) is 10.9. The van der Waals surface area contributed by atoms with Crippen molar-refractivity contribution >= 4 is 40.6 Å². The summed E-state index contributed by atoms with van der Waals surface area (Å²) in [5.41, 5.74) is 0.240. The molecular weight excluding hydrogens is 308 g/mol. The smallest absolute Gasteiger partial charge is 0.404 e. The molecule has 19 heavy (non-hydrogen) atoms. The summed E-state index contributed by atoms with van der Waals surface area (Å²) in [5, 5.41) is -1.02. The maximum absolute atomic E-state index is 12.0. The lowest BCUT2D eigenvalue weighted by Crippen LogP contribution is -2.18. The number of benzene rings is 1. The normalized spacial score (nSPS) is 11.7. The first-order chi connectivity index (χ1) is 8.69. The number of carbonyl (C=O) groups excluding carboxylic acids is 1. The van der Waals surface area contributed by atoms with E-state index in [4.69, 9.17) is 23.2 Å². The van der Waals surface area contributed by atoms with E-state index in [0.29, 0.717) is 0 Å². The van der Waals surface area contributed by atoms with Gasteiger partial charge in [-0.2, -0.15) is 0 Å². The monoisotopic (exact) mass is 314 g/mol. The Kier molecular flexibility index (Phi) is 5.02. The fourth-order valence-corrected chi connectivity index (χ4v) is 1.23. The van der Waals surface area contributed by atoms with Gasteiger partial charge in [0.15, 0.2) is 0 Å². The molecule has 0 spiro atoms. The molecule has 1 amide bonds. The van der Waals surface area contributed by atoms with Crippen molar-refractivity contribution in [3.05, 3.63) is 23.2 Å². The third kappa shape index (κ3) is 5.35. The molecule has 0 unspecified atom stereocenters. The van der Waals surface area contributed by atoms with Gasteiger partial charge in [0.2, 0.25) is 0 Å². The topological polar surface area (TPSA) is 41.9 Å². The van der Waals surface area contributed by atoms with E-state index < -0.39 is 17.5 Å². The van der Waals surface area contributed by atoms with Crippen LogP contribution in [0.3, 0.4) is 0 Å². The van der Waals surface area contributed by atoms with Crippen molar-refractivity contribution in [3.63, 3.8) is 0 Å². The number of amides is 1. The zero-order chi connectivity index (χ0) is 14.6. The molecule has 0 N–H and O–H groups in total. The Labute approximate surface area is 116 Å². The van der Waals surface area contributed by atoms with Gasteiger partial charge in [0.25, 0.3) is 0 Å². The first-order valence-electron chi connectivity index (χ1n) is 4.71. The Bertz CT molecular complexity index is 506. The quantitative estimate of drug-likeness (QED) is 0.363. The van der Waals surface area contributed by atoms with Crippen LogP contribution in [0.4, 0.5) is 23.7 Å². The van der Waals surface area contributed by atoms with E-state index in [1.807, 2.05) is 0 Å². The van der Waals surface area contributed by atoms with Gasteiger partial charge in [0.1, 0.15) is 5.75 Å². The molecule has 0 saturated heterocycles. The molecule has 1 rings (SSSR count). The average Bonchev–Trinajstić information content (AvgIpc) is 2.27. The number of nitrogens with zero attached hydrogens (tertiary/aromatic N) is 2. The van der Waals surface area contributed by atoms with Crippen LogP contribution in [0, 0.1) is 0 Å². The van der Waals surface area contributed by atoms with E-state index in [2.05, 4.69) is 9.73 Å². The molecule has 0 bridgehead atoms. The fourth-order valence-electron chi connectivity index (χ4n) is 0.976. The van der Waals surface area contributed by atoms with Crippen molar-refractivity contribution in [1.29, 1.82) is 0 Å². The highest BCUT2D eigenvalue weighted by atomic mass is 35.5. The van der Waals surface area contributed by atoms with Crippen molar-refractivity contribution in [1.82, 2.24) is 4.90 Å². The molecule has 1 aromatic carbocycles. The van der Waals surface area contributed by atoms with Crippen molar-refractivity contribution in [2.45, 2.75) is 6.36 Å². The summed E-state index contributed by atoms with van der Waals surface area (Å²) in [7, 11) is 1.36. The van der Waals surface area contributed by atoms with Crippen LogP contribution in [0.2, 0.25) is 5.02 Å². The fraction of sp³-hybridized carbons (Fsp3) is 0.200. The second-order valence-corrected chi connectivity index (χ2v) is 4.00. The van der Waals surface area contributed by atoms with Gasteiger partial charge in [-0.25, -0.2) is 4.99 Å². The summed E-state index contributed by atoms with van der Waals surface area (Å²) >= 11 is 10.8. The number of hydrogen-bond acceptors (Lipinski definition) is 3. The molecule has 0 atom stereocenters. The second kappa shape index (κ2) is 6.12. The van der Waals surface area contributed by atoms with Crippen LogP contribution in [-0.4, -0.2) is 30.0 Å². The van der Waals surface area contributed by atoms with E-state index in [1.165, 1.54) is 13.1 Å². The SMILES string of the molecule is CN(C=Nc1ccc(OC(F)(F)F)c(Cl)c1)C(=O)Cl. The molecule has 0 heterocycles. The highest BCUT2D eigenvalue weighted by Crippen LogP contribution is 2.32. The lowest BCUT2D eigenvalue weighted by atomic mass is 10.3. The van der Waals surface area contributed by atoms with Crippen molar-refractivity contribution < 1.29 is 22.7 Å². The molecule has 1 aromatic rings. The van der Waals surface area contributed by atoms with Gasteiger partial charge >= 0.3 is 11.7 Å². The Morgan fingerprint density at radius 2 is 2.11 bits per heavy atom. The largest absolute Gasteiger partial charge is 0.573 e. The van der Waals surface area contributed by atoms with Crippen LogP contribution in [0.15, 0.2) is 23.2 Å². The van der Waals surface area contributed by atoms with Gasteiger partial charge in [-0.1, -0.05) is 11.6 Å². The molecule has 4 nitrogen and oxygen atoms in total. The summed E-state index contributed by atoms with van der Waals surface area (Å²) in [6.07, 6.45) is -3.72. The minimum atomic E-state index is -4.82. The zero-order valence-electron chi connectivity index (χ0n) is 9.41. The maximum atomic E-state index is 12.0. The third-order valence-corrected chi connectivity index (χ3v) is 2.36. The Morgan fingerprint density at radius 1 is 1.47 bits per heavy atom. The molecule has 0 aliphatic rings. The molecule has 0 radical (unpaired) electrons. The molecule has 9 heteroatoms. The first kappa shape index (κ1) is 15.6. The van der Waals surface area contributed by atoms with Gasteiger partial charge in [0.05, 0.1) is 17.0 Å². The summed E-state index contributed by atoms with van der Waals surface area (Å²) in [6.45, 7) is 0. The predicted molar refractivity (Wildman–Crippen MR) is 65.3 cm³/mol. The van der Waals surface area contributed by atoms with Crippen molar-refractivity contribution in [3.8, 4) is 5.75 Å². The number of rotatable bonds is 3. The second-order valence-electron chi connectivity index (χ2n) is 3.27. The van der Waals surface area contributed by atoms with E-state index in [9.17, 15) is 18.0 Å². The highest BCUT2D eigenvalue weighted by Gasteiger charge is 2.31. The van der Waals surface area contributed by atoms with Crippen LogP contribution in [0.1, 0.15) is 0 Å². The summed E-state index contributed by atoms with van der Waals surface area (Å²) in [5.74, 6) is -0.533. The molecule has 0 aromatic heterocycles. The minimum Gasteiger partial charge on any atom is -0.404 e. The van der Waals surface area contributed by atoms with E-state index in [1.54, 1.807) is 0 Å². The number of ether oxygens (including phenoxy) is 1. The Balaban J connectivity index is 2.85. The number of carbonyl (C=O) groups is 1. The number of halogens is 5. The molecule has 0 saturated carbocycles. The molecule has 0 aliphatic carbocycles. The summed E-state index contributed by atoms with van der Waals surface area (Å²) in [6, 6.07) is 3.42. The number of alkyl halides is 3. The molecule has 104 valence electrons. The van der Waals surface area contributed by atoms with Gasteiger partial charge < -0.3 is 4.74 Å². The number of aliphatic imine (C=N–C) groups is 1. The van der Waals surface area contributed by atoms with Gasteiger partial charge in [-0.3, -0.25) is 9.69 Å². The van der Waals surface area contributed by atoms with Crippen LogP contribution in [0.5, 0.6) is 5.75 Å². The maximum Gasteiger partial charge on any atom is 0.573 e. The minimum absolute atomic E-state index is 0.240. The summed E-state index contributed by atoms with van der Waals surface area (Å²) < 4.78 is 39.7. The van der Waals surface area contributed by atoms with Crippen LogP contribution < -0.4 is 4.74 Å². The van der Waals surface area contributed by atoms with Gasteiger partial charge in [-0.15, -0.1) is 13.2 Å².